The van der Waals surface area contributed by atoms with E-state index in [1.807, 2.05) is 0 Å². The number of hydrogen-bond acceptors (Lipinski definition) is 3. The molecular formula is C15H16F2N2S. The summed E-state index contributed by atoms with van der Waals surface area (Å²) in [5, 5.41) is 2.09. The van der Waals surface area contributed by atoms with E-state index in [9.17, 15) is 8.78 Å². The molecule has 20 heavy (non-hydrogen) atoms. The maximum atomic E-state index is 13.4. The molecule has 5 heteroatoms. The van der Waals surface area contributed by atoms with E-state index in [-0.39, 0.29) is 6.04 Å². The lowest BCUT2D eigenvalue weighted by Crippen LogP contribution is -2.37. The Morgan fingerprint density at radius 3 is 2.70 bits per heavy atom. The van der Waals surface area contributed by atoms with Crippen molar-refractivity contribution in [2.45, 2.75) is 19.0 Å². The summed E-state index contributed by atoms with van der Waals surface area (Å²) in [7, 11) is 0. The van der Waals surface area contributed by atoms with Gasteiger partial charge in [-0.1, -0.05) is 0 Å². The Balaban J connectivity index is 1.87. The van der Waals surface area contributed by atoms with Crippen LogP contribution in [0.2, 0.25) is 0 Å². The van der Waals surface area contributed by atoms with Crippen LogP contribution in [0.25, 0.3) is 0 Å². The van der Waals surface area contributed by atoms with Gasteiger partial charge in [-0.15, -0.1) is 11.3 Å². The summed E-state index contributed by atoms with van der Waals surface area (Å²) in [5.41, 5.74) is 7.76. The van der Waals surface area contributed by atoms with Crippen molar-refractivity contribution in [2.24, 2.45) is 5.73 Å². The number of nitrogens with two attached hydrogens (primary N) is 1. The Bertz CT molecular complexity index is 591. The van der Waals surface area contributed by atoms with Crippen LogP contribution in [-0.4, -0.2) is 18.0 Å². The van der Waals surface area contributed by atoms with E-state index in [0.717, 1.165) is 25.6 Å². The fraction of sp³-hybridized carbons (Fsp3) is 0.333. The van der Waals surface area contributed by atoms with Crippen LogP contribution in [0, 0.1) is 11.6 Å². The molecule has 1 aliphatic heterocycles. The molecule has 3 rings (SSSR count). The fourth-order valence-corrected chi connectivity index (χ4v) is 3.69. The molecule has 1 atom stereocenters. The standard InChI is InChI=1S/C15H16F2N2S/c16-12-5-11(6-13(17)7-12)14(8-18)19-3-1-15-10(9-19)2-4-20-15/h2,4-7,14H,1,3,8-9,18H2. The second kappa shape index (κ2) is 5.60. The molecule has 2 aromatic rings. The van der Waals surface area contributed by atoms with Gasteiger partial charge in [-0.05, 0) is 41.1 Å². The highest BCUT2D eigenvalue weighted by atomic mass is 32.1. The lowest BCUT2D eigenvalue weighted by molar-refractivity contribution is 0.184. The molecule has 0 amide bonds. The van der Waals surface area contributed by atoms with Gasteiger partial charge in [0, 0.05) is 36.6 Å². The summed E-state index contributed by atoms with van der Waals surface area (Å²) in [6, 6.07) is 5.62. The Morgan fingerprint density at radius 1 is 1.25 bits per heavy atom. The van der Waals surface area contributed by atoms with E-state index in [1.54, 1.807) is 11.3 Å². The monoisotopic (exact) mass is 294 g/mol. The van der Waals surface area contributed by atoms with Gasteiger partial charge in [-0.25, -0.2) is 8.78 Å². The molecule has 2 N–H and O–H groups in total. The van der Waals surface area contributed by atoms with Gasteiger partial charge in [0.2, 0.25) is 0 Å². The largest absolute Gasteiger partial charge is 0.329 e. The Labute approximate surface area is 120 Å². The average molecular weight is 294 g/mol. The van der Waals surface area contributed by atoms with Gasteiger partial charge in [-0.3, -0.25) is 4.90 Å². The predicted molar refractivity (Wildman–Crippen MR) is 76.6 cm³/mol. The van der Waals surface area contributed by atoms with Gasteiger partial charge in [0.25, 0.3) is 0 Å². The molecule has 0 spiro atoms. The van der Waals surface area contributed by atoms with Crippen molar-refractivity contribution >= 4 is 11.3 Å². The van der Waals surface area contributed by atoms with E-state index in [2.05, 4.69) is 16.3 Å². The molecule has 106 valence electrons. The Kier molecular flexibility index (Phi) is 3.83. The van der Waals surface area contributed by atoms with Crippen LogP contribution < -0.4 is 5.73 Å². The summed E-state index contributed by atoms with van der Waals surface area (Å²) < 4.78 is 26.8. The molecule has 1 unspecified atom stereocenters. The van der Waals surface area contributed by atoms with E-state index in [0.29, 0.717) is 12.1 Å². The Morgan fingerprint density at radius 2 is 2.00 bits per heavy atom. The number of rotatable bonds is 3. The quantitative estimate of drug-likeness (QED) is 0.942. The first-order valence-corrected chi connectivity index (χ1v) is 7.50. The van der Waals surface area contributed by atoms with Crippen molar-refractivity contribution in [1.29, 1.82) is 0 Å². The van der Waals surface area contributed by atoms with Gasteiger partial charge < -0.3 is 5.73 Å². The molecule has 0 aliphatic carbocycles. The van der Waals surface area contributed by atoms with Crippen LogP contribution in [0.4, 0.5) is 8.78 Å². The van der Waals surface area contributed by atoms with Crippen LogP contribution >= 0.6 is 11.3 Å². The zero-order valence-electron chi connectivity index (χ0n) is 11.0. The van der Waals surface area contributed by atoms with E-state index >= 15 is 0 Å². The summed E-state index contributed by atoms with van der Waals surface area (Å²) in [4.78, 5) is 3.60. The zero-order chi connectivity index (χ0) is 14.1. The first-order valence-electron chi connectivity index (χ1n) is 6.62. The topological polar surface area (TPSA) is 29.3 Å². The van der Waals surface area contributed by atoms with Crippen molar-refractivity contribution in [3.8, 4) is 0 Å². The van der Waals surface area contributed by atoms with Crippen LogP contribution in [0.15, 0.2) is 29.6 Å². The molecule has 2 nitrogen and oxygen atoms in total. The molecule has 1 aromatic heterocycles. The average Bonchev–Trinajstić information content (AvgIpc) is 2.86. The zero-order valence-corrected chi connectivity index (χ0v) is 11.8. The fourth-order valence-electron chi connectivity index (χ4n) is 2.80. The van der Waals surface area contributed by atoms with Gasteiger partial charge in [0.1, 0.15) is 11.6 Å². The van der Waals surface area contributed by atoms with Crippen LogP contribution in [0.1, 0.15) is 22.0 Å². The van der Waals surface area contributed by atoms with Crippen LogP contribution in [-0.2, 0) is 13.0 Å². The summed E-state index contributed by atoms with van der Waals surface area (Å²) in [6.45, 7) is 2.01. The van der Waals surface area contributed by atoms with Gasteiger partial charge in [0.05, 0.1) is 0 Å². The first kappa shape index (κ1) is 13.7. The summed E-state index contributed by atoms with van der Waals surface area (Å²) in [6.07, 6.45) is 0.974. The van der Waals surface area contributed by atoms with Crippen molar-refractivity contribution in [3.63, 3.8) is 0 Å². The number of nitrogens with zero attached hydrogens (tertiary/aromatic N) is 1. The lowest BCUT2D eigenvalue weighted by Gasteiger charge is -2.34. The van der Waals surface area contributed by atoms with Gasteiger partial charge >= 0.3 is 0 Å². The maximum absolute atomic E-state index is 13.4. The van der Waals surface area contributed by atoms with Crippen molar-refractivity contribution in [3.05, 3.63) is 57.3 Å². The number of fused-ring (bicyclic) bond motifs is 1. The SMILES string of the molecule is NCC(c1cc(F)cc(F)c1)N1CCc2sccc2C1. The Hall–Kier alpha value is -1.30. The van der Waals surface area contributed by atoms with Gasteiger partial charge in [-0.2, -0.15) is 0 Å². The molecule has 0 fully saturated rings. The summed E-state index contributed by atoms with van der Waals surface area (Å²) in [5.74, 6) is -1.10. The van der Waals surface area contributed by atoms with E-state index in [4.69, 9.17) is 5.73 Å². The molecule has 0 saturated carbocycles. The maximum Gasteiger partial charge on any atom is 0.126 e. The molecule has 0 saturated heterocycles. The number of hydrogen-bond donors (Lipinski definition) is 1. The third-order valence-electron chi connectivity index (χ3n) is 3.77. The molecule has 1 aliphatic rings. The second-order valence-electron chi connectivity index (χ2n) is 5.04. The highest BCUT2D eigenvalue weighted by molar-refractivity contribution is 7.10. The van der Waals surface area contributed by atoms with E-state index < -0.39 is 11.6 Å². The van der Waals surface area contributed by atoms with Crippen molar-refractivity contribution in [1.82, 2.24) is 4.90 Å². The summed E-state index contributed by atoms with van der Waals surface area (Å²) >= 11 is 1.77. The minimum Gasteiger partial charge on any atom is -0.329 e. The number of thiophene rings is 1. The van der Waals surface area contributed by atoms with Crippen molar-refractivity contribution < 1.29 is 8.78 Å². The lowest BCUT2D eigenvalue weighted by atomic mass is 10.0. The third-order valence-corrected chi connectivity index (χ3v) is 4.79. The van der Waals surface area contributed by atoms with E-state index in [1.165, 1.54) is 22.6 Å². The number of benzene rings is 1. The molecule has 0 bridgehead atoms. The predicted octanol–water partition coefficient (Wildman–Crippen LogP) is 3.08. The second-order valence-corrected chi connectivity index (χ2v) is 6.04. The number of halogens is 2. The van der Waals surface area contributed by atoms with Crippen LogP contribution in [0.3, 0.4) is 0 Å². The minimum atomic E-state index is -0.549. The molecular weight excluding hydrogens is 278 g/mol. The van der Waals surface area contributed by atoms with Crippen molar-refractivity contribution in [2.75, 3.05) is 13.1 Å². The molecule has 2 heterocycles. The normalized spacial score (nSPS) is 16.9. The highest BCUT2D eigenvalue weighted by Gasteiger charge is 2.25. The molecule has 1 aromatic carbocycles. The minimum absolute atomic E-state index is 0.145. The molecule has 0 radical (unpaired) electrons. The highest BCUT2D eigenvalue weighted by Crippen LogP contribution is 2.30. The van der Waals surface area contributed by atoms with Gasteiger partial charge in [0.15, 0.2) is 0 Å². The van der Waals surface area contributed by atoms with Crippen LogP contribution in [0.5, 0.6) is 0 Å². The first-order chi connectivity index (χ1) is 9.67. The third kappa shape index (κ3) is 2.61. The smallest absolute Gasteiger partial charge is 0.126 e.